The summed E-state index contributed by atoms with van der Waals surface area (Å²) in [4.78, 5) is 23.2. The van der Waals surface area contributed by atoms with Gasteiger partial charge in [0.15, 0.2) is 5.37 Å². The molecule has 1 aromatic heterocycles. The zero-order valence-electron chi connectivity index (χ0n) is 9.87. The maximum atomic E-state index is 12.3. The largest absolute Gasteiger partial charge is 0.544 e. The maximum absolute atomic E-state index is 12.3. The number of benzene rings is 1. The van der Waals surface area contributed by atoms with Gasteiger partial charge >= 0.3 is 0 Å². The van der Waals surface area contributed by atoms with Gasteiger partial charge in [-0.2, -0.15) is 0 Å². The standard InChI is InChI=1S/C13H11NO4S/c15-11-7-3-1-2-4-10(7)18-5-8(11)12-14-9(6-19-12)13(16)17/h1-5,9,12,14H,6H2,(H,16,17)/t9-,12-/m1/s1. The number of para-hydroxylation sites is 1. The highest BCUT2D eigenvalue weighted by Crippen LogP contribution is 2.26. The smallest absolute Gasteiger partial charge is 0.202 e. The molecule has 0 radical (unpaired) electrons. The van der Waals surface area contributed by atoms with Crippen molar-refractivity contribution in [2.24, 2.45) is 0 Å². The number of thioether (sulfide) groups is 1. The quantitative estimate of drug-likeness (QED) is 0.778. The Morgan fingerprint density at radius 3 is 2.95 bits per heavy atom. The SMILES string of the molecule is O=C([O-])[C@H]1CS[C@H](c2coc3ccccc3c2=O)[NH2+]1. The van der Waals surface area contributed by atoms with Crippen LogP contribution in [0, 0.1) is 0 Å². The van der Waals surface area contributed by atoms with Gasteiger partial charge in [0.25, 0.3) is 0 Å². The molecule has 19 heavy (non-hydrogen) atoms. The van der Waals surface area contributed by atoms with Crippen molar-refractivity contribution in [1.29, 1.82) is 0 Å². The summed E-state index contributed by atoms with van der Waals surface area (Å²) in [5, 5.41) is 12.7. The van der Waals surface area contributed by atoms with E-state index in [4.69, 9.17) is 4.42 Å². The molecular weight excluding hydrogens is 266 g/mol. The zero-order chi connectivity index (χ0) is 13.4. The van der Waals surface area contributed by atoms with Crippen molar-refractivity contribution in [2.75, 3.05) is 5.75 Å². The molecule has 2 atom stereocenters. The summed E-state index contributed by atoms with van der Waals surface area (Å²) in [6.45, 7) is 0. The normalized spacial score (nSPS) is 22.7. The van der Waals surface area contributed by atoms with Crippen LogP contribution in [-0.4, -0.2) is 17.8 Å². The van der Waals surface area contributed by atoms with Gasteiger partial charge in [0.05, 0.1) is 11.1 Å². The van der Waals surface area contributed by atoms with Crippen molar-refractivity contribution in [3.63, 3.8) is 0 Å². The monoisotopic (exact) mass is 277 g/mol. The van der Waals surface area contributed by atoms with Gasteiger partial charge in [-0.15, -0.1) is 0 Å². The minimum absolute atomic E-state index is 0.102. The Labute approximate surface area is 112 Å². The Morgan fingerprint density at radius 1 is 1.42 bits per heavy atom. The first-order valence-electron chi connectivity index (χ1n) is 5.84. The van der Waals surface area contributed by atoms with E-state index in [2.05, 4.69) is 0 Å². The van der Waals surface area contributed by atoms with Crippen molar-refractivity contribution in [3.8, 4) is 0 Å². The van der Waals surface area contributed by atoms with E-state index in [1.165, 1.54) is 18.0 Å². The Hall–Kier alpha value is -1.79. The maximum Gasteiger partial charge on any atom is 0.202 e. The van der Waals surface area contributed by atoms with E-state index in [0.29, 0.717) is 22.3 Å². The molecule has 2 aromatic rings. The number of carbonyl (C=O) groups is 1. The first kappa shape index (κ1) is 12.3. The number of nitrogens with two attached hydrogens (primary N) is 1. The predicted octanol–water partition coefficient (Wildman–Crippen LogP) is -0.780. The van der Waals surface area contributed by atoms with Gasteiger partial charge in [-0.3, -0.25) is 4.79 Å². The van der Waals surface area contributed by atoms with Gasteiger partial charge in [-0.05, 0) is 12.1 Å². The number of carboxylic acid groups (broad SMARTS) is 1. The van der Waals surface area contributed by atoms with Gasteiger partial charge < -0.3 is 19.6 Å². The highest BCUT2D eigenvalue weighted by molar-refractivity contribution is 7.99. The van der Waals surface area contributed by atoms with Gasteiger partial charge in [0, 0.05) is 0 Å². The first-order chi connectivity index (χ1) is 9.16. The Balaban J connectivity index is 2.00. The number of fused-ring (bicyclic) bond motifs is 1. The lowest BCUT2D eigenvalue weighted by Gasteiger charge is -2.10. The fourth-order valence-corrected chi connectivity index (χ4v) is 3.46. The molecule has 6 heteroatoms. The molecule has 0 spiro atoms. The van der Waals surface area contributed by atoms with Crippen LogP contribution >= 0.6 is 11.8 Å². The second-order valence-electron chi connectivity index (χ2n) is 4.39. The van der Waals surface area contributed by atoms with Crippen LogP contribution in [-0.2, 0) is 4.79 Å². The van der Waals surface area contributed by atoms with Gasteiger partial charge in [0.1, 0.15) is 29.4 Å². The Bertz CT molecular complexity index is 696. The third kappa shape index (κ3) is 2.13. The molecule has 0 bridgehead atoms. The molecule has 1 aromatic carbocycles. The summed E-state index contributed by atoms with van der Waals surface area (Å²) in [6.07, 6.45) is 1.43. The number of carboxylic acids is 1. The van der Waals surface area contributed by atoms with E-state index in [0.717, 1.165) is 0 Å². The van der Waals surface area contributed by atoms with Crippen LogP contribution in [0.15, 0.2) is 39.7 Å². The van der Waals surface area contributed by atoms with Crippen LogP contribution in [0.3, 0.4) is 0 Å². The zero-order valence-corrected chi connectivity index (χ0v) is 10.7. The van der Waals surface area contributed by atoms with E-state index in [1.54, 1.807) is 29.6 Å². The van der Waals surface area contributed by atoms with E-state index in [-0.39, 0.29) is 10.8 Å². The molecule has 0 unspecified atom stereocenters. The summed E-state index contributed by atoms with van der Waals surface area (Å²) in [5.74, 6) is -0.667. The van der Waals surface area contributed by atoms with Crippen molar-refractivity contribution >= 4 is 28.7 Å². The molecule has 0 amide bonds. The summed E-state index contributed by atoms with van der Waals surface area (Å²) in [7, 11) is 0. The minimum atomic E-state index is -1.10. The van der Waals surface area contributed by atoms with E-state index in [9.17, 15) is 14.7 Å². The number of quaternary nitrogens is 1. The average Bonchev–Trinajstić information content (AvgIpc) is 2.89. The lowest BCUT2D eigenvalue weighted by molar-refractivity contribution is -0.690. The lowest BCUT2D eigenvalue weighted by atomic mass is 10.1. The summed E-state index contributed by atoms with van der Waals surface area (Å²) in [6, 6.07) is 6.41. The molecule has 5 nitrogen and oxygen atoms in total. The van der Waals surface area contributed by atoms with Crippen LogP contribution < -0.4 is 15.9 Å². The molecule has 3 rings (SSSR count). The van der Waals surface area contributed by atoms with Crippen LogP contribution in [0.25, 0.3) is 11.0 Å². The van der Waals surface area contributed by atoms with E-state index < -0.39 is 12.0 Å². The minimum Gasteiger partial charge on any atom is -0.544 e. The van der Waals surface area contributed by atoms with Gasteiger partial charge in [0.2, 0.25) is 5.43 Å². The van der Waals surface area contributed by atoms with E-state index in [1.807, 2.05) is 0 Å². The Morgan fingerprint density at radius 2 is 2.21 bits per heavy atom. The Kier molecular flexibility index (Phi) is 3.04. The van der Waals surface area contributed by atoms with Crippen LogP contribution in [0.4, 0.5) is 0 Å². The molecule has 98 valence electrons. The van der Waals surface area contributed by atoms with Crippen molar-refractivity contribution in [1.82, 2.24) is 0 Å². The number of carbonyl (C=O) groups excluding carboxylic acids is 1. The molecule has 2 N–H and O–H groups in total. The lowest BCUT2D eigenvalue weighted by Crippen LogP contribution is -2.91. The van der Waals surface area contributed by atoms with Crippen molar-refractivity contribution in [2.45, 2.75) is 11.4 Å². The molecule has 0 aliphatic carbocycles. The predicted molar refractivity (Wildman–Crippen MR) is 68.4 cm³/mol. The molecule has 1 saturated heterocycles. The van der Waals surface area contributed by atoms with Crippen molar-refractivity contribution < 1.29 is 19.6 Å². The second-order valence-corrected chi connectivity index (χ2v) is 5.56. The van der Waals surface area contributed by atoms with Crippen LogP contribution in [0.2, 0.25) is 0 Å². The second kappa shape index (κ2) is 4.71. The fraction of sp³-hybridized carbons (Fsp3) is 0.231. The highest BCUT2D eigenvalue weighted by Gasteiger charge is 2.33. The summed E-state index contributed by atoms with van der Waals surface area (Å²) >= 11 is 1.42. The third-order valence-electron chi connectivity index (χ3n) is 3.18. The number of rotatable bonds is 2. The summed E-state index contributed by atoms with van der Waals surface area (Å²) in [5.41, 5.74) is 0.928. The highest BCUT2D eigenvalue weighted by atomic mass is 32.2. The van der Waals surface area contributed by atoms with Crippen LogP contribution in [0.5, 0.6) is 0 Å². The summed E-state index contributed by atoms with van der Waals surface area (Å²) < 4.78 is 5.44. The van der Waals surface area contributed by atoms with Gasteiger partial charge in [-0.1, -0.05) is 23.9 Å². The number of hydrogen-bond donors (Lipinski definition) is 1. The molecule has 2 heterocycles. The van der Waals surface area contributed by atoms with E-state index >= 15 is 0 Å². The molecule has 0 saturated carbocycles. The fourth-order valence-electron chi connectivity index (χ4n) is 2.16. The topological polar surface area (TPSA) is 87.0 Å². The van der Waals surface area contributed by atoms with Crippen LogP contribution in [0.1, 0.15) is 10.9 Å². The van der Waals surface area contributed by atoms with Crippen molar-refractivity contribution in [3.05, 3.63) is 46.3 Å². The first-order valence-corrected chi connectivity index (χ1v) is 6.89. The molecule has 1 fully saturated rings. The molecule has 1 aliphatic rings. The molecular formula is C13H11NO4S. The third-order valence-corrected chi connectivity index (χ3v) is 4.50. The van der Waals surface area contributed by atoms with Gasteiger partial charge in [-0.25, -0.2) is 0 Å². The number of hydrogen-bond acceptors (Lipinski definition) is 5. The number of aliphatic carboxylic acids is 1. The molecule has 1 aliphatic heterocycles. The average molecular weight is 277 g/mol.